The van der Waals surface area contributed by atoms with Gasteiger partial charge in [0.1, 0.15) is 7.05 Å². The van der Waals surface area contributed by atoms with Crippen molar-refractivity contribution in [1.29, 1.82) is 5.26 Å². The van der Waals surface area contributed by atoms with Crippen molar-refractivity contribution in [3.05, 3.63) is 76.0 Å². The van der Waals surface area contributed by atoms with Crippen molar-refractivity contribution in [3.63, 3.8) is 0 Å². The van der Waals surface area contributed by atoms with E-state index in [0.717, 1.165) is 33.4 Å². The van der Waals surface area contributed by atoms with Crippen LogP contribution in [0.3, 0.4) is 0 Å². The van der Waals surface area contributed by atoms with E-state index in [-0.39, 0.29) is 5.56 Å². The van der Waals surface area contributed by atoms with Crippen LogP contribution in [0.5, 0.6) is 0 Å². The smallest absolute Gasteiger partial charge is 0.199 e. The van der Waals surface area contributed by atoms with Gasteiger partial charge >= 0.3 is 0 Å². The Hall–Kier alpha value is -2.92. The van der Waals surface area contributed by atoms with Crippen molar-refractivity contribution in [2.75, 3.05) is 0 Å². The van der Waals surface area contributed by atoms with E-state index in [9.17, 15) is 5.26 Å². The summed E-state index contributed by atoms with van der Waals surface area (Å²) in [4.78, 5) is 0. The maximum Gasteiger partial charge on any atom is 0.213 e. The normalized spacial score (nSPS) is 17.2. The number of benzene rings is 2. The zero-order chi connectivity index (χ0) is 25.2. The molecule has 1 aromatic heterocycles. The molecule has 1 heterocycles. The van der Waals surface area contributed by atoms with Gasteiger partial charge in [-0.3, -0.25) is 0 Å². The lowest BCUT2D eigenvalue weighted by molar-refractivity contribution is -0.666. The summed E-state index contributed by atoms with van der Waals surface area (Å²) in [6, 6.07) is 14.9. The number of rotatable bonds is 2. The number of pyridine rings is 1. The Kier molecular flexibility index (Phi) is 2.60. The highest BCUT2D eigenvalue weighted by molar-refractivity contribution is 5.87. The van der Waals surface area contributed by atoms with Crippen LogP contribution < -0.4 is 4.57 Å². The van der Waals surface area contributed by atoms with Crippen LogP contribution in [0.2, 0.25) is 0 Å². The van der Waals surface area contributed by atoms with Crippen LogP contribution in [0.1, 0.15) is 62.7 Å². The molecular weight excluding hydrogens is 328 g/mol. The third-order valence-electron chi connectivity index (χ3n) is 5.52. The first-order valence-electron chi connectivity index (χ1n) is 12.4. The lowest BCUT2D eigenvalue weighted by atomic mass is 9.91. The summed E-state index contributed by atoms with van der Waals surface area (Å²) in [6.45, 7) is -2.40. The average molecular weight is 361 g/mol. The summed E-state index contributed by atoms with van der Waals surface area (Å²) in [5, 5.41) is 9.65. The van der Waals surface area contributed by atoms with Crippen LogP contribution in [0.25, 0.3) is 22.4 Å². The molecular formula is C25H25N2+. The van der Waals surface area contributed by atoms with Crippen molar-refractivity contribution in [2.24, 2.45) is 7.05 Å². The number of hydrogen-bond acceptors (Lipinski definition) is 1. The first kappa shape index (κ1) is 11.0. The zero-order valence-corrected chi connectivity index (χ0v) is 15.6. The third kappa shape index (κ3) is 2.66. The minimum Gasteiger partial charge on any atom is -0.199 e. The fraction of sp³-hybridized carbons (Fsp3) is 0.280. The second kappa shape index (κ2) is 6.35. The highest BCUT2D eigenvalue weighted by Crippen LogP contribution is 2.44. The molecule has 0 unspecified atom stereocenters. The molecule has 27 heavy (non-hydrogen) atoms. The zero-order valence-electron chi connectivity index (χ0n) is 22.6. The van der Waals surface area contributed by atoms with Gasteiger partial charge in [0.05, 0.1) is 17.2 Å². The molecule has 2 nitrogen and oxygen atoms in total. The second-order valence-corrected chi connectivity index (χ2v) is 7.12. The summed E-state index contributed by atoms with van der Waals surface area (Å²) in [6.07, 6.45) is 0.602. The summed E-state index contributed by atoms with van der Waals surface area (Å²) >= 11 is 0. The number of aryl methyl sites for hydroxylation is 2. The molecule has 0 amide bonds. The van der Waals surface area contributed by atoms with E-state index >= 15 is 0 Å². The van der Waals surface area contributed by atoms with E-state index in [2.05, 4.69) is 6.07 Å². The molecule has 0 aliphatic heterocycles. The van der Waals surface area contributed by atoms with E-state index in [0.29, 0.717) is 23.4 Å². The van der Waals surface area contributed by atoms with Gasteiger partial charge in [-0.1, -0.05) is 38.0 Å². The molecule has 0 spiro atoms. The molecule has 134 valence electrons. The minimum absolute atomic E-state index is 0.0664. The van der Waals surface area contributed by atoms with Gasteiger partial charge in [0.2, 0.25) is 5.69 Å². The quantitative estimate of drug-likeness (QED) is 0.442. The second-order valence-electron chi connectivity index (χ2n) is 7.12. The summed E-state index contributed by atoms with van der Waals surface area (Å²) in [5.74, 6) is -2.78. The van der Waals surface area contributed by atoms with Crippen LogP contribution in [-0.4, -0.2) is 0 Å². The fourth-order valence-electron chi connectivity index (χ4n) is 4.07. The highest BCUT2D eigenvalue weighted by atomic mass is 14.9. The van der Waals surface area contributed by atoms with Gasteiger partial charge in [-0.05, 0) is 53.1 Å². The maximum atomic E-state index is 9.65. The van der Waals surface area contributed by atoms with Crippen molar-refractivity contribution in [2.45, 2.75) is 39.9 Å². The molecule has 0 radical (unpaired) electrons. The SMILES string of the molecule is [2H]C([2H])([2H])C([2H])(c1cc(C)[n+](C)c(-c2c(C)ccc3c2Cc2cccc(C#N)c2-3)c1)C([2H])([2H])[2H]. The number of aromatic nitrogens is 1. The van der Waals surface area contributed by atoms with Crippen molar-refractivity contribution < 1.29 is 14.2 Å². The van der Waals surface area contributed by atoms with Crippen molar-refractivity contribution >= 4 is 0 Å². The molecule has 4 rings (SSSR count). The molecule has 0 saturated heterocycles. The first-order chi connectivity index (χ1) is 15.7. The van der Waals surface area contributed by atoms with E-state index in [1.807, 2.05) is 42.8 Å². The van der Waals surface area contributed by atoms with Gasteiger partial charge in [0.25, 0.3) is 0 Å². The number of nitriles is 1. The topological polar surface area (TPSA) is 27.7 Å². The van der Waals surface area contributed by atoms with Crippen LogP contribution in [0.4, 0.5) is 0 Å². The molecule has 0 atom stereocenters. The fourth-order valence-corrected chi connectivity index (χ4v) is 4.07. The van der Waals surface area contributed by atoms with E-state index in [1.165, 1.54) is 12.1 Å². The Labute approximate surface area is 171 Å². The molecule has 2 heteroatoms. The Morgan fingerprint density at radius 1 is 1.15 bits per heavy atom. The highest BCUT2D eigenvalue weighted by Gasteiger charge is 2.28. The molecule has 1 aliphatic rings. The van der Waals surface area contributed by atoms with Gasteiger partial charge in [-0.25, -0.2) is 0 Å². The van der Waals surface area contributed by atoms with Crippen LogP contribution in [0, 0.1) is 25.2 Å². The van der Waals surface area contributed by atoms with Crippen LogP contribution in [0.15, 0.2) is 42.5 Å². The monoisotopic (exact) mass is 360 g/mol. The minimum atomic E-state index is -3.06. The van der Waals surface area contributed by atoms with Gasteiger partial charge in [-0.15, -0.1) is 0 Å². The molecule has 0 bridgehead atoms. The van der Waals surface area contributed by atoms with Gasteiger partial charge < -0.3 is 0 Å². The van der Waals surface area contributed by atoms with Gasteiger partial charge in [0, 0.05) is 34.2 Å². The summed E-state index contributed by atoms with van der Waals surface area (Å²) in [5.41, 5.74) is 7.50. The Bertz CT molecular complexity index is 1350. The van der Waals surface area contributed by atoms with Crippen LogP contribution >= 0.6 is 0 Å². The Morgan fingerprint density at radius 2 is 1.96 bits per heavy atom. The van der Waals surface area contributed by atoms with E-state index < -0.39 is 19.6 Å². The molecule has 1 aliphatic carbocycles. The Morgan fingerprint density at radius 3 is 2.70 bits per heavy atom. The first-order valence-corrected chi connectivity index (χ1v) is 8.88. The Balaban J connectivity index is 2.04. The molecule has 0 fully saturated rings. The van der Waals surface area contributed by atoms with E-state index in [4.69, 9.17) is 9.60 Å². The van der Waals surface area contributed by atoms with E-state index in [1.54, 1.807) is 13.0 Å². The molecule has 2 aromatic carbocycles. The molecule has 0 saturated carbocycles. The lowest BCUT2D eigenvalue weighted by Gasteiger charge is -2.14. The van der Waals surface area contributed by atoms with Crippen molar-refractivity contribution in [1.82, 2.24) is 0 Å². The largest absolute Gasteiger partial charge is 0.213 e. The maximum absolute atomic E-state index is 9.65. The summed E-state index contributed by atoms with van der Waals surface area (Å²) in [7, 11) is 1.84. The average Bonchev–Trinajstić information content (AvgIpc) is 3.12. The molecule has 3 aromatic rings. The standard InChI is InChI=1S/C25H25N2/c1-15(2)20-11-17(4)27(5)23(13-20)24-16(3)9-10-21-22(24)12-18-7-6-8-19(14-26)25(18)21/h6-11,13,15H,12H2,1-5H3/q+1/i1D3,2D3,15D. The third-order valence-corrected chi connectivity index (χ3v) is 5.52. The van der Waals surface area contributed by atoms with Crippen molar-refractivity contribution in [3.8, 4) is 28.5 Å². The molecule has 0 N–H and O–H groups in total. The van der Waals surface area contributed by atoms with Gasteiger partial charge in [0.15, 0.2) is 5.69 Å². The number of nitrogens with zero attached hydrogens (tertiary/aromatic N) is 2. The van der Waals surface area contributed by atoms with Crippen LogP contribution in [-0.2, 0) is 13.5 Å². The number of hydrogen-bond donors (Lipinski definition) is 0. The number of fused-ring (bicyclic) bond motifs is 3. The van der Waals surface area contributed by atoms with Gasteiger partial charge in [-0.2, -0.15) is 9.83 Å². The lowest BCUT2D eigenvalue weighted by Crippen LogP contribution is -2.35. The predicted molar refractivity (Wildman–Crippen MR) is 110 cm³/mol. The predicted octanol–water partition coefficient (Wildman–Crippen LogP) is 5.36. The summed E-state index contributed by atoms with van der Waals surface area (Å²) < 4.78 is 58.1.